The van der Waals surface area contributed by atoms with Gasteiger partial charge in [-0.2, -0.15) is 0 Å². The second kappa shape index (κ2) is 10.2. The standard InChI is InChI=1S/C16H26INO3/c1-3-8-16(21-17,9-4-2)13-20-15-7-5-6-14(12-15)19-11-10-18/h5-7,12H,3-4,8-11,13,18H2,1-2H3. The normalized spacial score (nSPS) is 11.4. The number of hydrogen-bond acceptors (Lipinski definition) is 4. The maximum Gasteiger partial charge on any atom is 0.123 e. The van der Waals surface area contributed by atoms with Crippen LogP contribution in [-0.4, -0.2) is 25.4 Å². The zero-order chi connectivity index (χ0) is 15.6. The van der Waals surface area contributed by atoms with E-state index in [0.29, 0.717) is 19.8 Å². The Morgan fingerprint density at radius 3 is 2.24 bits per heavy atom. The van der Waals surface area contributed by atoms with E-state index in [1.54, 1.807) is 0 Å². The molecule has 0 aliphatic carbocycles. The van der Waals surface area contributed by atoms with E-state index in [4.69, 9.17) is 18.3 Å². The van der Waals surface area contributed by atoms with Crippen LogP contribution in [0.5, 0.6) is 11.5 Å². The Bertz CT molecular complexity index is 395. The van der Waals surface area contributed by atoms with E-state index in [1.165, 1.54) is 0 Å². The van der Waals surface area contributed by atoms with E-state index >= 15 is 0 Å². The first kappa shape index (κ1) is 18.5. The highest BCUT2D eigenvalue weighted by Gasteiger charge is 2.30. The van der Waals surface area contributed by atoms with Crippen LogP contribution in [0.15, 0.2) is 24.3 Å². The van der Waals surface area contributed by atoms with Crippen molar-refractivity contribution in [1.82, 2.24) is 0 Å². The highest BCUT2D eigenvalue weighted by atomic mass is 127. The molecule has 1 rings (SSSR count). The van der Waals surface area contributed by atoms with Crippen molar-refractivity contribution in [3.63, 3.8) is 0 Å². The Balaban J connectivity index is 2.66. The van der Waals surface area contributed by atoms with Crippen molar-refractivity contribution in [3.05, 3.63) is 24.3 Å². The lowest BCUT2D eigenvalue weighted by Gasteiger charge is -2.30. The fourth-order valence-electron chi connectivity index (χ4n) is 2.33. The Morgan fingerprint density at radius 1 is 1.10 bits per heavy atom. The number of halogens is 1. The van der Waals surface area contributed by atoms with Crippen LogP contribution in [0.25, 0.3) is 0 Å². The summed E-state index contributed by atoms with van der Waals surface area (Å²) >= 11 is 2.00. The molecule has 0 fully saturated rings. The number of benzene rings is 1. The molecule has 0 aliphatic heterocycles. The molecule has 1 aromatic carbocycles. The summed E-state index contributed by atoms with van der Waals surface area (Å²) in [5, 5.41) is 0. The molecule has 0 heterocycles. The zero-order valence-corrected chi connectivity index (χ0v) is 15.1. The molecule has 4 nitrogen and oxygen atoms in total. The van der Waals surface area contributed by atoms with Gasteiger partial charge in [0.2, 0.25) is 0 Å². The monoisotopic (exact) mass is 407 g/mol. The van der Waals surface area contributed by atoms with Crippen molar-refractivity contribution >= 4 is 23.0 Å². The molecule has 0 unspecified atom stereocenters. The molecule has 0 atom stereocenters. The highest BCUT2D eigenvalue weighted by Crippen LogP contribution is 2.29. The maximum absolute atomic E-state index is 5.95. The number of rotatable bonds is 11. The lowest BCUT2D eigenvalue weighted by molar-refractivity contribution is 0.0407. The minimum atomic E-state index is -0.210. The van der Waals surface area contributed by atoms with Crippen LogP contribution in [-0.2, 0) is 3.07 Å². The maximum atomic E-state index is 5.95. The molecule has 0 saturated heterocycles. The third-order valence-corrected chi connectivity index (χ3v) is 4.20. The number of ether oxygens (including phenoxy) is 2. The summed E-state index contributed by atoms with van der Waals surface area (Å²) in [7, 11) is 0. The summed E-state index contributed by atoms with van der Waals surface area (Å²) < 4.78 is 17.2. The Hall–Kier alpha value is -0.530. The molecule has 0 radical (unpaired) electrons. The summed E-state index contributed by atoms with van der Waals surface area (Å²) in [6.45, 7) is 5.90. The van der Waals surface area contributed by atoms with Crippen LogP contribution < -0.4 is 15.2 Å². The lowest BCUT2D eigenvalue weighted by atomic mass is 9.94. The second-order valence-corrected chi connectivity index (χ2v) is 5.60. The van der Waals surface area contributed by atoms with Gasteiger partial charge in [0.25, 0.3) is 0 Å². The summed E-state index contributed by atoms with van der Waals surface area (Å²) in [6.07, 6.45) is 4.14. The average molecular weight is 407 g/mol. The first-order chi connectivity index (χ1) is 10.2. The molecule has 0 amide bonds. The molecular formula is C16H26INO3. The third kappa shape index (κ3) is 6.40. The van der Waals surface area contributed by atoms with Crippen LogP contribution >= 0.6 is 23.0 Å². The molecule has 2 N–H and O–H groups in total. The lowest BCUT2D eigenvalue weighted by Crippen LogP contribution is -2.36. The van der Waals surface area contributed by atoms with Crippen LogP contribution in [0.3, 0.4) is 0 Å². The first-order valence-corrected chi connectivity index (χ1v) is 8.43. The van der Waals surface area contributed by atoms with E-state index in [-0.39, 0.29) is 5.60 Å². The van der Waals surface area contributed by atoms with Gasteiger partial charge < -0.3 is 18.3 Å². The minimum Gasteiger partial charge on any atom is -0.492 e. The van der Waals surface area contributed by atoms with Crippen LogP contribution in [0, 0.1) is 0 Å². The van der Waals surface area contributed by atoms with Gasteiger partial charge in [-0.05, 0) is 25.0 Å². The van der Waals surface area contributed by atoms with E-state index in [2.05, 4.69) is 13.8 Å². The molecule has 0 aliphatic rings. The van der Waals surface area contributed by atoms with Gasteiger partial charge >= 0.3 is 0 Å². The molecule has 21 heavy (non-hydrogen) atoms. The predicted molar refractivity (Wildman–Crippen MR) is 94.1 cm³/mol. The largest absolute Gasteiger partial charge is 0.492 e. The number of hydrogen-bond donors (Lipinski definition) is 1. The van der Waals surface area contributed by atoms with Gasteiger partial charge in [0.1, 0.15) is 53.3 Å². The van der Waals surface area contributed by atoms with Crippen molar-refractivity contribution in [1.29, 1.82) is 0 Å². The third-order valence-electron chi connectivity index (χ3n) is 3.27. The van der Waals surface area contributed by atoms with Gasteiger partial charge in [-0.25, -0.2) is 0 Å². The van der Waals surface area contributed by atoms with Crippen molar-refractivity contribution < 1.29 is 12.5 Å². The molecule has 0 aromatic heterocycles. The van der Waals surface area contributed by atoms with Crippen molar-refractivity contribution in [3.8, 4) is 11.5 Å². The predicted octanol–water partition coefficient (Wildman–Crippen LogP) is 4.11. The average Bonchev–Trinajstić information content (AvgIpc) is 2.51. The van der Waals surface area contributed by atoms with Gasteiger partial charge in [0.15, 0.2) is 0 Å². The van der Waals surface area contributed by atoms with Crippen LogP contribution in [0.1, 0.15) is 39.5 Å². The molecule has 120 valence electrons. The minimum absolute atomic E-state index is 0.210. The first-order valence-electron chi connectivity index (χ1n) is 7.55. The molecule has 1 aromatic rings. The van der Waals surface area contributed by atoms with Gasteiger partial charge in [-0.15, -0.1) is 0 Å². The van der Waals surface area contributed by atoms with E-state index in [1.807, 2.05) is 47.3 Å². The Labute approximate surface area is 142 Å². The number of nitrogens with two attached hydrogens (primary N) is 1. The molecule has 0 saturated carbocycles. The van der Waals surface area contributed by atoms with Gasteiger partial charge in [-0.1, -0.05) is 32.8 Å². The van der Waals surface area contributed by atoms with Crippen LogP contribution in [0.2, 0.25) is 0 Å². The Morgan fingerprint density at radius 2 is 1.71 bits per heavy atom. The quantitative estimate of drug-likeness (QED) is 0.561. The van der Waals surface area contributed by atoms with Crippen LogP contribution in [0.4, 0.5) is 0 Å². The van der Waals surface area contributed by atoms with Gasteiger partial charge in [0.05, 0.1) is 0 Å². The zero-order valence-electron chi connectivity index (χ0n) is 12.9. The molecule has 5 heteroatoms. The molecular weight excluding hydrogens is 381 g/mol. The summed E-state index contributed by atoms with van der Waals surface area (Å²) in [4.78, 5) is 0. The SMILES string of the molecule is CCCC(CCC)(COc1cccc(OCCN)c1)OI. The van der Waals surface area contributed by atoms with Gasteiger partial charge in [-0.3, -0.25) is 0 Å². The van der Waals surface area contributed by atoms with E-state index in [9.17, 15) is 0 Å². The van der Waals surface area contributed by atoms with E-state index in [0.717, 1.165) is 37.2 Å². The summed E-state index contributed by atoms with van der Waals surface area (Å²) in [5.41, 5.74) is 5.23. The molecule has 0 spiro atoms. The summed E-state index contributed by atoms with van der Waals surface area (Å²) in [6, 6.07) is 7.66. The van der Waals surface area contributed by atoms with E-state index < -0.39 is 0 Å². The van der Waals surface area contributed by atoms with Crippen molar-refractivity contribution in [2.75, 3.05) is 19.8 Å². The smallest absolute Gasteiger partial charge is 0.123 e. The fourth-order valence-corrected chi connectivity index (χ4v) is 2.89. The Kier molecular flexibility index (Phi) is 9.03. The topological polar surface area (TPSA) is 53.7 Å². The van der Waals surface area contributed by atoms with Gasteiger partial charge in [0, 0.05) is 12.6 Å². The summed E-state index contributed by atoms with van der Waals surface area (Å²) in [5.74, 6) is 1.58. The fraction of sp³-hybridized carbons (Fsp3) is 0.625. The van der Waals surface area contributed by atoms with Crippen molar-refractivity contribution in [2.24, 2.45) is 5.73 Å². The second-order valence-electron chi connectivity index (χ2n) is 5.16. The molecule has 0 bridgehead atoms. The van der Waals surface area contributed by atoms with Crippen molar-refractivity contribution in [2.45, 2.75) is 45.1 Å². The highest BCUT2D eigenvalue weighted by molar-refractivity contribution is 14.1.